The van der Waals surface area contributed by atoms with Gasteiger partial charge in [0.2, 0.25) is 11.7 Å². The quantitative estimate of drug-likeness (QED) is 0.532. The predicted octanol–water partition coefficient (Wildman–Crippen LogP) is 2.11. The topological polar surface area (TPSA) is 87.4 Å². The molecule has 0 spiro atoms. The van der Waals surface area contributed by atoms with Crippen molar-refractivity contribution in [1.29, 1.82) is 0 Å². The molecule has 0 N–H and O–H groups in total. The van der Waals surface area contributed by atoms with E-state index in [0.717, 1.165) is 13.5 Å². The Morgan fingerprint density at radius 3 is 2.52 bits per heavy atom. The molecular formula is C19H27FN2O5. The molecule has 1 aliphatic carbocycles. The van der Waals surface area contributed by atoms with Gasteiger partial charge in [0.1, 0.15) is 0 Å². The average Bonchev–Trinajstić information content (AvgIpc) is 2.64. The number of carbonyl (C=O) groups excluding carboxylic acids is 2. The molecule has 0 aromatic carbocycles. The van der Waals surface area contributed by atoms with E-state index in [9.17, 15) is 23.6 Å². The summed E-state index contributed by atoms with van der Waals surface area (Å²) in [6, 6.07) is 0. The van der Waals surface area contributed by atoms with Gasteiger partial charge in [-0.1, -0.05) is 13.8 Å². The van der Waals surface area contributed by atoms with Crippen molar-refractivity contribution < 1.29 is 18.7 Å². The minimum absolute atomic E-state index is 0.0394. The zero-order chi connectivity index (χ0) is 20.4. The van der Waals surface area contributed by atoms with E-state index in [1.165, 1.54) is 0 Å². The number of halogens is 1. The van der Waals surface area contributed by atoms with E-state index in [-0.39, 0.29) is 19.0 Å². The van der Waals surface area contributed by atoms with Crippen LogP contribution >= 0.6 is 0 Å². The number of rotatable bonds is 7. The highest BCUT2D eigenvalue weighted by Crippen LogP contribution is 2.51. The summed E-state index contributed by atoms with van der Waals surface area (Å²) in [6.45, 7) is 6.41. The van der Waals surface area contributed by atoms with Crippen molar-refractivity contribution in [3.63, 3.8) is 0 Å². The minimum atomic E-state index is -1.15. The monoisotopic (exact) mass is 382 g/mol. The SMILES string of the molecule is CC1CC(C)(C(=O)OCCCCCC(=O)n2cc(F)c(=O)n(C)c2=O)C1C. The third-order valence-electron chi connectivity index (χ3n) is 5.85. The largest absolute Gasteiger partial charge is 0.465 e. The van der Waals surface area contributed by atoms with Crippen molar-refractivity contribution in [3.05, 3.63) is 32.9 Å². The smallest absolute Gasteiger partial charge is 0.337 e. The number of aromatic nitrogens is 2. The Bertz CT molecular complexity index is 843. The number of hydrogen-bond donors (Lipinski definition) is 0. The lowest BCUT2D eigenvalue weighted by Gasteiger charge is -2.48. The molecule has 1 aromatic heterocycles. The molecule has 27 heavy (non-hydrogen) atoms. The van der Waals surface area contributed by atoms with Crippen LogP contribution in [0.4, 0.5) is 4.39 Å². The Labute approximate surface area is 157 Å². The molecule has 1 heterocycles. The van der Waals surface area contributed by atoms with Crippen molar-refractivity contribution in [2.45, 2.75) is 52.9 Å². The zero-order valence-electron chi connectivity index (χ0n) is 16.3. The van der Waals surface area contributed by atoms with Crippen LogP contribution in [0.3, 0.4) is 0 Å². The summed E-state index contributed by atoms with van der Waals surface area (Å²) in [7, 11) is 1.12. The Hall–Kier alpha value is -2.25. The van der Waals surface area contributed by atoms with Crippen molar-refractivity contribution in [1.82, 2.24) is 9.13 Å². The van der Waals surface area contributed by atoms with Crippen molar-refractivity contribution in [2.24, 2.45) is 24.3 Å². The molecule has 0 bridgehead atoms. The minimum Gasteiger partial charge on any atom is -0.465 e. The van der Waals surface area contributed by atoms with Gasteiger partial charge in [0.25, 0.3) is 5.56 Å². The van der Waals surface area contributed by atoms with Gasteiger partial charge in [-0.2, -0.15) is 4.39 Å². The molecule has 3 unspecified atom stereocenters. The molecule has 2 rings (SSSR count). The molecule has 1 saturated carbocycles. The molecule has 0 aliphatic heterocycles. The average molecular weight is 382 g/mol. The Balaban J connectivity index is 1.73. The fourth-order valence-corrected chi connectivity index (χ4v) is 3.58. The van der Waals surface area contributed by atoms with Gasteiger partial charge in [-0.15, -0.1) is 0 Å². The molecule has 0 radical (unpaired) electrons. The standard InChI is InChI=1S/C19H27FN2O5/c1-12-10-19(3,13(12)2)17(25)27-9-7-5-6-8-15(23)22-11-14(20)16(24)21(4)18(22)26/h11-13H,5-10H2,1-4H3. The van der Waals surface area contributed by atoms with E-state index < -0.39 is 28.4 Å². The first kappa shape index (κ1) is 21.1. The van der Waals surface area contributed by atoms with Crippen molar-refractivity contribution >= 4 is 11.9 Å². The van der Waals surface area contributed by atoms with Crippen LogP contribution in [0.1, 0.15) is 57.7 Å². The van der Waals surface area contributed by atoms with Crippen LogP contribution in [0.15, 0.2) is 15.8 Å². The highest BCUT2D eigenvalue weighted by Gasteiger charge is 2.51. The Morgan fingerprint density at radius 1 is 1.26 bits per heavy atom. The normalized spacial score (nSPS) is 24.3. The highest BCUT2D eigenvalue weighted by molar-refractivity contribution is 5.78. The summed E-state index contributed by atoms with van der Waals surface area (Å²) >= 11 is 0. The molecule has 150 valence electrons. The maximum absolute atomic E-state index is 13.4. The zero-order valence-corrected chi connectivity index (χ0v) is 16.3. The number of esters is 1. The molecule has 7 nitrogen and oxygen atoms in total. The van der Waals surface area contributed by atoms with Gasteiger partial charge in [0, 0.05) is 13.5 Å². The van der Waals surface area contributed by atoms with Crippen LogP contribution in [-0.2, 0) is 16.6 Å². The number of nitrogens with zero attached hydrogens (tertiary/aromatic N) is 2. The molecular weight excluding hydrogens is 355 g/mol. The first-order valence-electron chi connectivity index (χ1n) is 9.28. The lowest BCUT2D eigenvalue weighted by molar-refractivity contribution is -0.170. The third-order valence-corrected chi connectivity index (χ3v) is 5.85. The summed E-state index contributed by atoms with van der Waals surface area (Å²) in [5, 5.41) is 0. The summed E-state index contributed by atoms with van der Waals surface area (Å²) in [5.41, 5.74) is -2.32. The predicted molar refractivity (Wildman–Crippen MR) is 97.0 cm³/mol. The van der Waals surface area contributed by atoms with Crippen LogP contribution < -0.4 is 11.2 Å². The van der Waals surface area contributed by atoms with E-state index in [0.29, 0.717) is 46.4 Å². The second kappa shape index (κ2) is 8.19. The van der Waals surface area contributed by atoms with E-state index in [4.69, 9.17) is 4.74 Å². The van der Waals surface area contributed by atoms with E-state index in [2.05, 4.69) is 13.8 Å². The fourth-order valence-electron chi connectivity index (χ4n) is 3.58. The van der Waals surface area contributed by atoms with Crippen molar-refractivity contribution in [2.75, 3.05) is 6.61 Å². The molecule has 8 heteroatoms. The van der Waals surface area contributed by atoms with Crippen LogP contribution in [0.5, 0.6) is 0 Å². The third kappa shape index (κ3) is 4.20. The van der Waals surface area contributed by atoms with Gasteiger partial charge < -0.3 is 4.74 Å². The molecule has 1 fully saturated rings. The lowest BCUT2D eigenvalue weighted by atomic mass is 9.56. The van der Waals surface area contributed by atoms with Crippen molar-refractivity contribution in [3.8, 4) is 0 Å². The van der Waals surface area contributed by atoms with Crippen LogP contribution in [-0.4, -0.2) is 27.6 Å². The maximum Gasteiger partial charge on any atom is 0.337 e. The number of ether oxygens (including phenoxy) is 1. The highest BCUT2D eigenvalue weighted by atomic mass is 19.1. The lowest BCUT2D eigenvalue weighted by Crippen LogP contribution is -2.49. The summed E-state index contributed by atoms with van der Waals surface area (Å²) in [6.07, 6.45) is 3.22. The van der Waals surface area contributed by atoms with Gasteiger partial charge in [0.05, 0.1) is 18.2 Å². The maximum atomic E-state index is 13.4. The number of hydrogen-bond acceptors (Lipinski definition) is 5. The molecule has 1 aromatic rings. The van der Waals surface area contributed by atoms with Gasteiger partial charge in [-0.25, -0.2) is 9.36 Å². The second-order valence-corrected chi connectivity index (χ2v) is 7.72. The van der Waals surface area contributed by atoms with Gasteiger partial charge in [-0.3, -0.25) is 19.0 Å². The second-order valence-electron chi connectivity index (χ2n) is 7.72. The van der Waals surface area contributed by atoms with E-state index in [1.54, 1.807) is 0 Å². The van der Waals surface area contributed by atoms with Crippen LogP contribution in [0, 0.1) is 23.1 Å². The van der Waals surface area contributed by atoms with Crippen LogP contribution in [0.2, 0.25) is 0 Å². The Morgan fingerprint density at radius 2 is 1.93 bits per heavy atom. The van der Waals surface area contributed by atoms with E-state index in [1.807, 2.05) is 6.92 Å². The number of carbonyl (C=O) groups is 2. The van der Waals surface area contributed by atoms with Gasteiger partial charge in [0.15, 0.2) is 0 Å². The summed E-state index contributed by atoms with van der Waals surface area (Å²) < 4.78 is 20.0. The molecule has 1 aliphatic rings. The van der Waals surface area contributed by atoms with Gasteiger partial charge >= 0.3 is 11.7 Å². The molecule has 0 amide bonds. The van der Waals surface area contributed by atoms with Crippen LogP contribution in [0.25, 0.3) is 0 Å². The van der Waals surface area contributed by atoms with E-state index >= 15 is 0 Å². The fraction of sp³-hybridized carbons (Fsp3) is 0.684. The number of unbranched alkanes of at least 4 members (excludes halogenated alkanes) is 2. The summed E-state index contributed by atoms with van der Waals surface area (Å²) in [5.74, 6) is -1.06. The first-order chi connectivity index (χ1) is 12.6. The molecule has 0 saturated heterocycles. The van der Waals surface area contributed by atoms with Gasteiger partial charge in [-0.05, 0) is 44.4 Å². The molecule has 3 atom stereocenters. The first-order valence-corrected chi connectivity index (χ1v) is 9.28. The Kier molecular flexibility index (Phi) is 6.38. The summed E-state index contributed by atoms with van der Waals surface area (Å²) in [4.78, 5) is 47.4.